The quantitative estimate of drug-likeness (QED) is 0.287. The number of amides is 2. The molecule has 2 amide bonds. The van der Waals surface area contributed by atoms with E-state index in [1.54, 1.807) is 61.5 Å². The van der Waals surface area contributed by atoms with E-state index in [2.05, 4.69) is 5.32 Å². The number of nitrogens with zero attached hydrogens (tertiary/aromatic N) is 2. The number of anilines is 1. The van der Waals surface area contributed by atoms with E-state index in [4.69, 9.17) is 34.8 Å². The zero-order valence-corrected chi connectivity index (χ0v) is 25.0. The van der Waals surface area contributed by atoms with Crippen LogP contribution in [0.5, 0.6) is 0 Å². The molecule has 0 radical (unpaired) electrons. The number of nitrogens with one attached hydrogen (secondary N) is 1. The van der Waals surface area contributed by atoms with Gasteiger partial charge in [0.15, 0.2) is 0 Å². The van der Waals surface area contributed by atoms with Crippen LogP contribution in [0, 0.1) is 0 Å². The summed E-state index contributed by atoms with van der Waals surface area (Å²) in [7, 11) is -4.17. The van der Waals surface area contributed by atoms with Crippen molar-refractivity contribution in [3.8, 4) is 0 Å². The monoisotopic (exact) mass is 621 g/mol. The van der Waals surface area contributed by atoms with Crippen LogP contribution < -0.4 is 9.62 Å². The summed E-state index contributed by atoms with van der Waals surface area (Å²) in [6, 6.07) is 18.1. The fourth-order valence-corrected chi connectivity index (χ4v) is 6.77. The first-order chi connectivity index (χ1) is 19.1. The van der Waals surface area contributed by atoms with E-state index in [1.165, 1.54) is 23.1 Å². The average molecular weight is 623 g/mol. The summed E-state index contributed by atoms with van der Waals surface area (Å²) in [5.74, 6) is -0.898. The topological polar surface area (TPSA) is 86.8 Å². The molecular formula is C29H30Cl3N3O4S. The van der Waals surface area contributed by atoms with E-state index in [-0.39, 0.29) is 29.1 Å². The van der Waals surface area contributed by atoms with Gasteiger partial charge in [-0.05, 0) is 67.8 Å². The second-order valence-corrected chi connectivity index (χ2v) is 12.9. The Bertz CT molecular complexity index is 1460. The Kier molecular flexibility index (Phi) is 10.0. The number of benzene rings is 3. The maximum atomic E-state index is 14.0. The first-order valence-corrected chi connectivity index (χ1v) is 15.5. The van der Waals surface area contributed by atoms with Gasteiger partial charge in [-0.3, -0.25) is 13.9 Å². The highest BCUT2D eigenvalue weighted by Crippen LogP contribution is 2.28. The van der Waals surface area contributed by atoms with Gasteiger partial charge in [-0.1, -0.05) is 78.0 Å². The Morgan fingerprint density at radius 3 is 2.25 bits per heavy atom. The molecule has 0 spiro atoms. The molecule has 1 saturated carbocycles. The van der Waals surface area contributed by atoms with Gasteiger partial charge < -0.3 is 10.2 Å². The van der Waals surface area contributed by atoms with Crippen molar-refractivity contribution in [2.75, 3.05) is 10.8 Å². The summed E-state index contributed by atoms with van der Waals surface area (Å²) in [5, 5.41) is 4.11. The molecule has 0 aliphatic heterocycles. The van der Waals surface area contributed by atoms with E-state index in [9.17, 15) is 18.0 Å². The highest BCUT2D eigenvalue weighted by molar-refractivity contribution is 7.92. The molecule has 1 fully saturated rings. The van der Waals surface area contributed by atoms with Crippen molar-refractivity contribution in [2.24, 2.45) is 0 Å². The molecule has 1 unspecified atom stereocenters. The molecule has 1 aliphatic rings. The van der Waals surface area contributed by atoms with Crippen molar-refractivity contribution in [1.82, 2.24) is 10.2 Å². The standard InChI is InChI=1S/C29H30Cl3N3O4S/c1-20(29(37)33-24-9-5-6-10-24)34(18-21-14-15-23(31)17-27(21)32)28(36)19-35(25-11-7-8-22(30)16-25)40(38,39)26-12-3-2-4-13-26/h2-4,7-8,11-17,20,24H,5-6,9-10,18-19H2,1H3,(H,33,37). The molecular weight excluding hydrogens is 593 g/mol. The van der Waals surface area contributed by atoms with Crippen LogP contribution in [-0.2, 0) is 26.2 Å². The van der Waals surface area contributed by atoms with Gasteiger partial charge >= 0.3 is 0 Å². The van der Waals surface area contributed by atoms with Gasteiger partial charge in [-0.25, -0.2) is 8.42 Å². The van der Waals surface area contributed by atoms with Crippen molar-refractivity contribution in [3.05, 3.63) is 93.4 Å². The van der Waals surface area contributed by atoms with Crippen LogP contribution >= 0.6 is 34.8 Å². The maximum Gasteiger partial charge on any atom is 0.264 e. The van der Waals surface area contributed by atoms with Gasteiger partial charge in [0.05, 0.1) is 10.6 Å². The molecule has 0 aromatic heterocycles. The van der Waals surface area contributed by atoms with Crippen molar-refractivity contribution >= 4 is 62.3 Å². The second-order valence-electron chi connectivity index (χ2n) is 9.73. The highest BCUT2D eigenvalue weighted by Gasteiger charge is 2.33. The number of hydrogen-bond acceptors (Lipinski definition) is 4. The number of rotatable bonds is 10. The molecule has 1 aliphatic carbocycles. The first kappa shape index (κ1) is 30.2. The van der Waals surface area contributed by atoms with Crippen LogP contribution in [0.3, 0.4) is 0 Å². The minimum atomic E-state index is -4.17. The zero-order chi connectivity index (χ0) is 28.9. The normalized spacial score (nSPS) is 14.5. The summed E-state index contributed by atoms with van der Waals surface area (Å²) >= 11 is 18.7. The van der Waals surface area contributed by atoms with Gasteiger partial charge in [0.25, 0.3) is 10.0 Å². The van der Waals surface area contributed by atoms with Crippen LogP contribution in [-0.4, -0.2) is 43.8 Å². The number of halogens is 3. The Labute approximate surface area is 250 Å². The lowest BCUT2D eigenvalue weighted by Crippen LogP contribution is -2.52. The molecule has 40 heavy (non-hydrogen) atoms. The Hall–Kier alpha value is -2.78. The Morgan fingerprint density at radius 1 is 0.925 bits per heavy atom. The Morgan fingerprint density at radius 2 is 1.60 bits per heavy atom. The summed E-state index contributed by atoms with van der Waals surface area (Å²) in [5.41, 5.74) is 0.789. The molecule has 1 N–H and O–H groups in total. The lowest BCUT2D eigenvalue weighted by Gasteiger charge is -2.32. The number of carbonyl (C=O) groups excluding carboxylic acids is 2. The van der Waals surface area contributed by atoms with Gasteiger partial charge in [-0.15, -0.1) is 0 Å². The summed E-state index contributed by atoms with van der Waals surface area (Å²) in [6.07, 6.45) is 3.84. The SMILES string of the molecule is CC(C(=O)NC1CCCC1)N(Cc1ccc(Cl)cc1Cl)C(=O)CN(c1cccc(Cl)c1)S(=O)(=O)c1ccccc1. The first-order valence-electron chi connectivity index (χ1n) is 12.9. The lowest BCUT2D eigenvalue weighted by molar-refractivity contribution is -0.139. The molecule has 1 atom stereocenters. The van der Waals surface area contributed by atoms with Crippen LogP contribution in [0.15, 0.2) is 77.7 Å². The van der Waals surface area contributed by atoms with Crippen molar-refractivity contribution in [3.63, 3.8) is 0 Å². The van der Waals surface area contributed by atoms with Crippen LogP contribution in [0.1, 0.15) is 38.2 Å². The van der Waals surface area contributed by atoms with Crippen LogP contribution in [0.4, 0.5) is 5.69 Å². The molecule has 4 rings (SSSR count). The smallest absolute Gasteiger partial charge is 0.264 e. The van der Waals surface area contributed by atoms with E-state index in [1.807, 2.05) is 0 Å². The van der Waals surface area contributed by atoms with Gasteiger partial charge in [0, 0.05) is 27.7 Å². The third kappa shape index (κ3) is 7.29. The Balaban J connectivity index is 1.70. The van der Waals surface area contributed by atoms with Gasteiger partial charge in [-0.2, -0.15) is 0 Å². The molecule has 212 valence electrons. The molecule has 7 nitrogen and oxygen atoms in total. The fraction of sp³-hybridized carbons (Fsp3) is 0.310. The molecule has 3 aromatic rings. The number of carbonyl (C=O) groups is 2. The lowest BCUT2D eigenvalue weighted by atomic mass is 10.1. The summed E-state index contributed by atoms with van der Waals surface area (Å²) < 4.78 is 28.6. The zero-order valence-electron chi connectivity index (χ0n) is 21.9. The molecule has 0 heterocycles. The highest BCUT2D eigenvalue weighted by atomic mass is 35.5. The number of hydrogen-bond donors (Lipinski definition) is 1. The van der Waals surface area contributed by atoms with Crippen LogP contribution in [0.25, 0.3) is 0 Å². The van der Waals surface area contributed by atoms with Gasteiger partial charge in [0.1, 0.15) is 12.6 Å². The fourth-order valence-electron chi connectivity index (χ4n) is 4.69. The van der Waals surface area contributed by atoms with E-state index >= 15 is 0 Å². The van der Waals surface area contributed by atoms with Gasteiger partial charge in [0.2, 0.25) is 11.8 Å². The molecule has 3 aromatic carbocycles. The summed E-state index contributed by atoms with van der Waals surface area (Å²) in [4.78, 5) is 28.6. The van der Waals surface area contributed by atoms with E-state index < -0.39 is 28.5 Å². The van der Waals surface area contributed by atoms with Crippen molar-refractivity contribution in [2.45, 2.75) is 56.1 Å². The largest absolute Gasteiger partial charge is 0.352 e. The average Bonchev–Trinajstić information content (AvgIpc) is 3.44. The molecule has 11 heteroatoms. The molecule has 0 saturated heterocycles. The third-order valence-corrected chi connectivity index (χ3v) is 9.54. The van der Waals surface area contributed by atoms with Crippen molar-refractivity contribution < 1.29 is 18.0 Å². The predicted octanol–water partition coefficient (Wildman–Crippen LogP) is 6.32. The third-order valence-electron chi connectivity index (χ3n) is 6.93. The van der Waals surface area contributed by atoms with E-state index in [0.717, 1.165) is 30.0 Å². The predicted molar refractivity (Wildman–Crippen MR) is 159 cm³/mol. The minimum absolute atomic E-state index is 0.0158. The molecule has 0 bridgehead atoms. The van der Waals surface area contributed by atoms with Crippen molar-refractivity contribution in [1.29, 1.82) is 0 Å². The maximum absolute atomic E-state index is 14.0. The second kappa shape index (κ2) is 13.3. The van der Waals surface area contributed by atoms with E-state index in [0.29, 0.717) is 20.6 Å². The summed E-state index contributed by atoms with van der Waals surface area (Å²) in [6.45, 7) is 1.04. The number of sulfonamides is 1. The van der Waals surface area contributed by atoms with Crippen LogP contribution in [0.2, 0.25) is 15.1 Å². The minimum Gasteiger partial charge on any atom is -0.352 e.